The highest BCUT2D eigenvalue weighted by Gasteiger charge is 2.51. The molecule has 162 valence electrons. The van der Waals surface area contributed by atoms with E-state index < -0.39 is 5.54 Å². The van der Waals surface area contributed by atoms with Gasteiger partial charge in [-0.3, -0.25) is 9.59 Å². The molecule has 2 amide bonds. The van der Waals surface area contributed by atoms with Gasteiger partial charge in [-0.15, -0.1) is 0 Å². The standard InChI is InChI=1S/C24H33N3O3/c1-16-8-6-7-11-18(16)25-23(29)24(2)15-26-19-12-13-30-21(19)14-20(26)22(28)27(24)17-9-4-3-5-10-17/h12-14,16-18H,3-11,15H2,1-2H3,(H,25,29)/t16-,18+,24+/m1/s1. The minimum atomic E-state index is -0.896. The number of nitrogens with one attached hydrogen (secondary N) is 1. The number of amides is 2. The van der Waals surface area contributed by atoms with Gasteiger partial charge >= 0.3 is 0 Å². The molecule has 2 aromatic heterocycles. The van der Waals surface area contributed by atoms with Gasteiger partial charge in [-0.25, -0.2) is 0 Å². The zero-order valence-corrected chi connectivity index (χ0v) is 18.2. The first-order valence-corrected chi connectivity index (χ1v) is 11.7. The van der Waals surface area contributed by atoms with Gasteiger partial charge in [0.2, 0.25) is 5.91 Å². The van der Waals surface area contributed by atoms with Crippen molar-refractivity contribution in [3.05, 3.63) is 24.1 Å². The van der Waals surface area contributed by atoms with Crippen molar-refractivity contribution in [3.8, 4) is 0 Å². The molecule has 5 rings (SSSR count). The highest BCUT2D eigenvalue weighted by atomic mass is 16.3. The Morgan fingerprint density at radius 2 is 1.87 bits per heavy atom. The first-order valence-electron chi connectivity index (χ1n) is 11.7. The maximum atomic E-state index is 13.8. The molecule has 30 heavy (non-hydrogen) atoms. The third-order valence-electron chi connectivity index (χ3n) is 7.82. The molecule has 0 radical (unpaired) electrons. The van der Waals surface area contributed by atoms with Gasteiger partial charge in [0, 0.05) is 24.2 Å². The second-order valence-corrected chi connectivity index (χ2v) is 9.87. The maximum absolute atomic E-state index is 13.8. The first kappa shape index (κ1) is 19.7. The van der Waals surface area contributed by atoms with Crippen LogP contribution in [0.4, 0.5) is 0 Å². The number of nitrogens with zero attached hydrogens (tertiary/aromatic N) is 2. The summed E-state index contributed by atoms with van der Waals surface area (Å²) in [6, 6.07) is 4.06. The van der Waals surface area contributed by atoms with Crippen molar-refractivity contribution in [2.24, 2.45) is 5.92 Å². The summed E-state index contributed by atoms with van der Waals surface area (Å²) in [5, 5.41) is 3.36. The van der Waals surface area contributed by atoms with Crippen molar-refractivity contribution < 1.29 is 14.0 Å². The van der Waals surface area contributed by atoms with Gasteiger partial charge in [0.1, 0.15) is 11.2 Å². The zero-order valence-electron chi connectivity index (χ0n) is 18.2. The Morgan fingerprint density at radius 3 is 2.63 bits per heavy atom. The fraction of sp³-hybridized carbons (Fsp3) is 0.667. The van der Waals surface area contributed by atoms with Gasteiger partial charge in [-0.2, -0.15) is 0 Å². The smallest absolute Gasteiger partial charge is 0.271 e. The molecule has 2 fully saturated rings. The minimum Gasteiger partial charge on any atom is -0.463 e. The van der Waals surface area contributed by atoms with Crippen LogP contribution in [0.25, 0.3) is 11.1 Å². The monoisotopic (exact) mass is 411 g/mol. The predicted molar refractivity (Wildman–Crippen MR) is 115 cm³/mol. The summed E-state index contributed by atoms with van der Waals surface area (Å²) in [7, 11) is 0. The lowest BCUT2D eigenvalue weighted by atomic mass is 9.83. The molecule has 6 nitrogen and oxygen atoms in total. The molecule has 3 heterocycles. The number of furan rings is 1. The number of rotatable bonds is 3. The van der Waals surface area contributed by atoms with Crippen LogP contribution in [0.1, 0.15) is 82.1 Å². The molecule has 2 aliphatic carbocycles. The number of aromatic nitrogens is 1. The van der Waals surface area contributed by atoms with Crippen molar-refractivity contribution in [1.29, 1.82) is 0 Å². The van der Waals surface area contributed by atoms with E-state index >= 15 is 0 Å². The first-order chi connectivity index (χ1) is 14.5. The Bertz CT molecular complexity index is 954. The second kappa shape index (κ2) is 7.47. The summed E-state index contributed by atoms with van der Waals surface area (Å²) in [6.45, 7) is 4.67. The molecule has 1 N–H and O–H groups in total. The lowest BCUT2D eigenvalue weighted by Crippen LogP contribution is -2.67. The van der Waals surface area contributed by atoms with Gasteiger partial charge in [0.05, 0.1) is 18.3 Å². The number of fused-ring (bicyclic) bond motifs is 3. The van der Waals surface area contributed by atoms with Gasteiger partial charge in [0.25, 0.3) is 5.91 Å². The van der Waals surface area contributed by atoms with Crippen LogP contribution in [0.3, 0.4) is 0 Å². The Hall–Kier alpha value is -2.24. The summed E-state index contributed by atoms with van der Waals surface area (Å²) >= 11 is 0. The van der Waals surface area contributed by atoms with Gasteiger partial charge in [0.15, 0.2) is 5.58 Å². The van der Waals surface area contributed by atoms with Gasteiger partial charge in [-0.05, 0) is 38.5 Å². The highest BCUT2D eigenvalue weighted by molar-refractivity contribution is 6.03. The van der Waals surface area contributed by atoms with E-state index in [-0.39, 0.29) is 23.9 Å². The highest BCUT2D eigenvalue weighted by Crippen LogP contribution is 2.38. The molecular weight excluding hydrogens is 378 g/mol. The predicted octanol–water partition coefficient (Wildman–Crippen LogP) is 4.48. The van der Waals surface area contributed by atoms with Crippen LogP contribution in [0.2, 0.25) is 0 Å². The number of hydrogen-bond acceptors (Lipinski definition) is 3. The van der Waals surface area contributed by atoms with E-state index in [0.717, 1.165) is 50.5 Å². The number of carbonyl (C=O) groups is 2. The normalized spacial score (nSPS) is 30.5. The van der Waals surface area contributed by atoms with Crippen molar-refractivity contribution in [2.75, 3.05) is 0 Å². The average Bonchev–Trinajstić information content (AvgIpc) is 3.33. The van der Waals surface area contributed by atoms with Crippen LogP contribution < -0.4 is 5.32 Å². The van der Waals surface area contributed by atoms with Gasteiger partial charge in [-0.1, -0.05) is 39.0 Å². The molecule has 2 saturated carbocycles. The van der Waals surface area contributed by atoms with E-state index in [1.165, 1.54) is 12.8 Å². The Balaban J connectivity index is 1.53. The van der Waals surface area contributed by atoms with Crippen LogP contribution in [-0.2, 0) is 11.3 Å². The fourth-order valence-electron chi connectivity index (χ4n) is 6.00. The molecule has 2 aromatic rings. The third-order valence-corrected chi connectivity index (χ3v) is 7.82. The quantitative estimate of drug-likeness (QED) is 0.810. The minimum absolute atomic E-state index is 0.00355. The summed E-state index contributed by atoms with van der Waals surface area (Å²) < 4.78 is 7.56. The van der Waals surface area contributed by atoms with E-state index in [0.29, 0.717) is 23.7 Å². The summed E-state index contributed by atoms with van der Waals surface area (Å²) in [5.41, 5.74) is 1.36. The average molecular weight is 412 g/mol. The Kier molecular flexibility index (Phi) is 4.91. The molecule has 3 atom stereocenters. The van der Waals surface area contributed by atoms with E-state index in [9.17, 15) is 9.59 Å². The topological polar surface area (TPSA) is 67.5 Å². The molecule has 0 spiro atoms. The van der Waals surface area contributed by atoms with E-state index in [1.807, 2.05) is 28.5 Å². The SMILES string of the molecule is C[C@@H]1CCCC[C@@H]1NC(=O)[C@]1(C)Cn2c(cc3occc32)C(=O)N1C1CCCCC1. The Labute approximate surface area is 178 Å². The molecule has 0 unspecified atom stereocenters. The molecule has 3 aliphatic rings. The Morgan fingerprint density at radius 1 is 1.13 bits per heavy atom. The molecule has 6 heteroatoms. The second-order valence-electron chi connectivity index (χ2n) is 9.87. The summed E-state index contributed by atoms with van der Waals surface area (Å²) in [6.07, 6.45) is 11.6. The van der Waals surface area contributed by atoms with Crippen molar-refractivity contribution >= 4 is 22.9 Å². The van der Waals surface area contributed by atoms with E-state index in [1.54, 1.807) is 6.26 Å². The summed E-state index contributed by atoms with van der Waals surface area (Å²) in [5.74, 6) is 0.446. The van der Waals surface area contributed by atoms with Crippen LogP contribution >= 0.6 is 0 Å². The van der Waals surface area contributed by atoms with E-state index in [4.69, 9.17) is 4.42 Å². The molecule has 0 aromatic carbocycles. The number of hydrogen-bond donors (Lipinski definition) is 1. The van der Waals surface area contributed by atoms with Crippen LogP contribution in [-0.4, -0.2) is 38.9 Å². The fourth-order valence-corrected chi connectivity index (χ4v) is 6.00. The lowest BCUT2D eigenvalue weighted by molar-refractivity contribution is -0.136. The molecule has 0 bridgehead atoms. The molecule has 1 aliphatic heterocycles. The van der Waals surface area contributed by atoms with Crippen molar-refractivity contribution in [1.82, 2.24) is 14.8 Å². The third kappa shape index (κ3) is 3.07. The van der Waals surface area contributed by atoms with Crippen LogP contribution in [0.15, 0.2) is 22.8 Å². The molecule has 0 saturated heterocycles. The van der Waals surface area contributed by atoms with Crippen molar-refractivity contribution in [3.63, 3.8) is 0 Å². The van der Waals surface area contributed by atoms with Crippen LogP contribution in [0.5, 0.6) is 0 Å². The van der Waals surface area contributed by atoms with E-state index in [2.05, 4.69) is 12.2 Å². The maximum Gasteiger partial charge on any atom is 0.271 e. The number of carbonyl (C=O) groups excluding carboxylic acids is 2. The summed E-state index contributed by atoms with van der Waals surface area (Å²) in [4.78, 5) is 29.5. The lowest BCUT2D eigenvalue weighted by Gasteiger charge is -2.49. The zero-order chi connectivity index (χ0) is 20.9. The molecular formula is C24H33N3O3. The van der Waals surface area contributed by atoms with Crippen molar-refractivity contribution in [2.45, 2.75) is 95.8 Å². The largest absolute Gasteiger partial charge is 0.463 e. The van der Waals surface area contributed by atoms with Crippen LogP contribution in [0, 0.1) is 5.92 Å². The van der Waals surface area contributed by atoms with Gasteiger partial charge < -0.3 is 19.2 Å².